The molecule has 0 aromatic heterocycles. The largest absolute Gasteiger partial charge is 0.0616 e. The highest BCUT2D eigenvalue weighted by Gasteiger charge is 2.08. The highest BCUT2D eigenvalue weighted by molar-refractivity contribution is 6.20. The quantitative estimate of drug-likeness (QED) is 0.239. The van der Waals surface area contributed by atoms with Gasteiger partial charge in [-0.15, -0.1) is 0 Å². The van der Waals surface area contributed by atoms with Gasteiger partial charge in [0, 0.05) is 0 Å². The lowest BCUT2D eigenvalue weighted by Crippen LogP contribution is -1.84. The maximum atomic E-state index is 2.33. The Labute approximate surface area is 186 Å². The zero-order chi connectivity index (χ0) is 21.1. The number of hydrogen-bond acceptors (Lipinski definition) is 0. The number of fused-ring (bicyclic) bond motifs is 8. The van der Waals surface area contributed by atoms with Gasteiger partial charge in [0.25, 0.3) is 0 Å². The van der Waals surface area contributed by atoms with Crippen LogP contribution >= 0.6 is 0 Å². The van der Waals surface area contributed by atoms with Crippen LogP contribution in [0, 0.1) is 0 Å². The van der Waals surface area contributed by atoms with E-state index in [-0.39, 0.29) is 0 Å². The molecule has 7 aromatic rings. The molecule has 0 aliphatic rings. The van der Waals surface area contributed by atoms with Gasteiger partial charge in [0.1, 0.15) is 0 Å². The molecule has 0 heterocycles. The Hall–Kier alpha value is -4.16. The molecule has 32 heavy (non-hydrogen) atoms. The average Bonchev–Trinajstić information content (AvgIpc) is 2.87. The predicted molar refractivity (Wildman–Crippen MR) is 139 cm³/mol. The van der Waals surface area contributed by atoms with Crippen molar-refractivity contribution in [2.24, 2.45) is 0 Å². The third-order valence-corrected chi connectivity index (χ3v) is 6.80. The molecule has 0 bridgehead atoms. The first-order valence-electron chi connectivity index (χ1n) is 11.1. The summed E-state index contributed by atoms with van der Waals surface area (Å²) in [5, 5.41) is 13.0. The minimum absolute atomic E-state index is 1.26. The summed E-state index contributed by atoms with van der Waals surface area (Å²) in [6.45, 7) is 0. The van der Waals surface area contributed by atoms with E-state index < -0.39 is 0 Å². The molecule has 0 N–H and O–H groups in total. The van der Waals surface area contributed by atoms with Crippen molar-refractivity contribution in [3.05, 3.63) is 121 Å². The van der Waals surface area contributed by atoms with Gasteiger partial charge in [-0.1, -0.05) is 109 Å². The minimum Gasteiger partial charge on any atom is -0.0616 e. The van der Waals surface area contributed by atoms with Crippen molar-refractivity contribution >= 4 is 53.9 Å². The lowest BCUT2D eigenvalue weighted by Gasteiger charge is -2.11. The Morgan fingerprint density at radius 3 is 1.44 bits per heavy atom. The van der Waals surface area contributed by atoms with Crippen LogP contribution in [0.4, 0.5) is 0 Å². The molecule has 0 saturated carbocycles. The second kappa shape index (κ2) is 6.67. The molecular formula is C32H20. The average molecular weight is 405 g/mol. The van der Waals surface area contributed by atoms with Gasteiger partial charge < -0.3 is 0 Å². The van der Waals surface area contributed by atoms with Crippen LogP contribution in [0.25, 0.3) is 65.0 Å². The van der Waals surface area contributed by atoms with Crippen LogP contribution in [0.15, 0.2) is 121 Å². The third-order valence-electron chi connectivity index (χ3n) is 6.80. The van der Waals surface area contributed by atoms with Crippen LogP contribution in [0.3, 0.4) is 0 Å². The molecule has 7 aromatic carbocycles. The van der Waals surface area contributed by atoms with E-state index in [1.807, 2.05) is 0 Å². The molecule has 148 valence electrons. The summed E-state index contributed by atoms with van der Waals surface area (Å²) in [6.07, 6.45) is 0. The summed E-state index contributed by atoms with van der Waals surface area (Å²) in [7, 11) is 0. The number of benzene rings is 7. The van der Waals surface area contributed by atoms with Crippen LogP contribution in [-0.2, 0) is 0 Å². The van der Waals surface area contributed by atoms with Crippen molar-refractivity contribution in [3.8, 4) is 11.1 Å². The van der Waals surface area contributed by atoms with Gasteiger partial charge in [-0.2, -0.15) is 0 Å². The fourth-order valence-electron chi connectivity index (χ4n) is 5.21. The summed E-state index contributed by atoms with van der Waals surface area (Å²) in [5.74, 6) is 0. The molecule has 0 nitrogen and oxygen atoms in total. The van der Waals surface area contributed by atoms with E-state index in [0.717, 1.165) is 0 Å². The molecule has 0 heteroatoms. The summed E-state index contributed by atoms with van der Waals surface area (Å²) < 4.78 is 0. The molecular weight excluding hydrogens is 384 g/mol. The number of rotatable bonds is 1. The molecule has 0 aliphatic heterocycles. The smallest absolute Gasteiger partial charge is 0.00268 e. The van der Waals surface area contributed by atoms with Gasteiger partial charge in [0.05, 0.1) is 0 Å². The van der Waals surface area contributed by atoms with Crippen molar-refractivity contribution in [3.63, 3.8) is 0 Å². The van der Waals surface area contributed by atoms with Gasteiger partial charge in [-0.05, 0) is 77.1 Å². The Morgan fingerprint density at radius 1 is 0.281 bits per heavy atom. The Morgan fingerprint density at radius 2 is 0.719 bits per heavy atom. The van der Waals surface area contributed by atoms with Gasteiger partial charge in [0.15, 0.2) is 0 Å². The van der Waals surface area contributed by atoms with Crippen molar-refractivity contribution in [1.29, 1.82) is 0 Å². The first-order chi connectivity index (χ1) is 15.8. The van der Waals surface area contributed by atoms with E-state index in [9.17, 15) is 0 Å². The monoisotopic (exact) mass is 404 g/mol. The second-order valence-electron chi connectivity index (χ2n) is 8.61. The molecule has 0 saturated heterocycles. The van der Waals surface area contributed by atoms with Crippen LogP contribution in [-0.4, -0.2) is 0 Å². The Bertz CT molecular complexity index is 1820. The summed E-state index contributed by atoms with van der Waals surface area (Å²) >= 11 is 0. The standard InChI is InChI=1S/C32H20/c1-3-7-28-21(5-1)10-13-26-19-24(15-17-29(26)28)25-16-18-31-27(20-25)14-12-23-11-9-22-6-2-4-8-30(22)32(23)31/h1-20H. The molecule has 0 fully saturated rings. The van der Waals surface area contributed by atoms with Gasteiger partial charge in [-0.25, -0.2) is 0 Å². The molecule has 0 radical (unpaired) electrons. The van der Waals surface area contributed by atoms with Crippen LogP contribution in [0.5, 0.6) is 0 Å². The molecule has 0 atom stereocenters. The van der Waals surface area contributed by atoms with Gasteiger partial charge >= 0.3 is 0 Å². The van der Waals surface area contributed by atoms with Crippen LogP contribution in [0.1, 0.15) is 0 Å². The lowest BCUT2D eigenvalue weighted by atomic mass is 9.93. The summed E-state index contributed by atoms with van der Waals surface area (Å²) in [5.41, 5.74) is 2.51. The van der Waals surface area contributed by atoms with E-state index in [0.29, 0.717) is 0 Å². The highest BCUT2D eigenvalue weighted by Crippen LogP contribution is 2.35. The second-order valence-corrected chi connectivity index (χ2v) is 8.61. The van der Waals surface area contributed by atoms with E-state index in [1.165, 1.54) is 65.0 Å². The van der Waals surface area contributed by atoms with Crippen molar-refractivity contribution in [1.82, 2.24) is 0 Å². The van der Waals surface area contributed by atoms with Gasteiger partial charge in [-0.3, -0.25) is 0 Å². The van der Waals surface area contributed by atoms with Crippen LogP contribution < -0.4 is 0 Å². The Balaban J connectivity index is 1.44. The molecule has 0 unspecified atom stereocenters. The molecule has 7 rings (SSSR count). The molecule has 0 spiro atoms. The Kier molecular flexibility index (Phi) is 3.65. The summed E-state index contributed by atoms with van der Waals surface area (Å²) in [6, 6.07) is 44.4. The number of hydrogen-bond donors (Lipinski definition) is 0. The van der Waals surface area contributed by atoms with E-state index in [2.05, 4.69) is 121 Å². The van der Waals surface area contributed by atoms with Gasteiger partial charge in [0.2, 0.25) is 0 Å². The topological polar surface area (TPSA) is 0 Å². The summed E-state index contributed by atoms with van der Waals surface area (Å²) in [4.78, 5) is 0. The zero-order valence-corrected chi connectivity index (χ0v) is 17.5. The molecule has 0 aliphatic carbocycles. The van der Waals surface area contributed by atoms with Crippen LogP contribution in [0.2, 0.25) is 0 Å². The minimum atomic E-state index is 1.26. The normalized spacial score (nSPS) is 11.8. The highest BCUT2D eigenvalue weighted by atomic mass is 14.1. The van der Waals surface area contributed by atoms with Crippen molar-refractivity contribution in [2.45, 2.75) is 0 Å². The van der Waals surface area contributed by atoms with Crippen molar-refractivity contribution < 1.29 is 0 Å². The SMILES string of the molecule is c1ccc2c(c1)ccc1cc(-c3ccc4c(ccc5ccc6ccccc6c54)c3)ccc12. The predicted octanol–water partition coefficient (Wildman–Crippen LogP) is 9.12. The molecule has 0 amide bonds. The van der Waals surface area contributed by atoms with E-state index in [1.54, 1.807) is 0 Å². The van der Waals surface area contributed by atoms with E-state index in [4.69, 9.17) is 0 Å². The van der Waals surface area contributed by atoms with Crippen molar-refractivity contribution in [2.75, 3.05) is 0 Å². The third kappa shape index (κ3) is 2.57. The first-order valence-corrected chi connectivity index (χ1v) is 11.1. The zero-order valence-electron chi connectivity index (χ0n) is 17.5. The maximum Gasteiger partial charge on any atom is -0.00268 e. The maximum absolute atomic E-state index is 2.33. The lowest BCUT2D eigenvalue weighted by molar-refractivity contribution is 1.69. The van der Waals surface area contributed by atoms with E-state index >= 15 is 0 Å². The first kappa shape index (κ1) is 17.5. The fourth-order valence-corrected chi connectivity index (χ4v) is 5.21. The fraction of sp³-hybridized carbons (Fsp3) is 0.